The molecule has 0 saturated heterocycles. The molecule has 0 bridgehead atoms. The maximum Gasteiger partial charge on any atom is 0.312 e. The van der Waals surface area contributed by atoms with E-state index in [1.165, 1.54) is 7.11 Å². The number of nitrogens with zero attached hydrogens (tertiary/aromatic N) is 3. The summed E-state index contributed by atoms with van der Waals surface area (Å²) >= 11 is 1.61. The van der Waals surface area contributed by atoms with Crippen LogP contribution in [0.25, 0.3) is 21.1 Å². The highest BCUT2D eigenvalue weighted by Gasteiger charge is 2.41. The predicted molar refractivity (Wildman–Crippen MR) is 119 cm³/mol. The van der Waals surface area contributed by atoms with Crippen LogP contribution in [0.2, 0.25) is 0 Å². The van der Waals surface area contributed by atoms with Crippen molar-refractivity contribution in [3.63, 3.8) is 0 Å². The van der Waals surface area contributed by atoms with Gasteiger partial charge in [-0.3, -0.25) is 4.79 Å². The van der Waals surface area contributed by atoms with E-state index in [9.17, 15) is 9.90 Å². The van der Waals surface area contributed by atoms with E-state index in [0.29, 0.717) is 0 Å². The number of aliphatic hydroxyl groups is 1. The quantitative estimate of drug-likeness (QED) is 0.484. The molecule has 0 fully saturated rings. The van der Waals surface area contributed by atoms with Gasteiger partial charge in [-0.25, -0.2) is 4.68 Å². The summed E-state index contributed by atoms with van der Waals surface area (Å²) in [6.07, 6.45) is 0. The summed E-state index contributed by atoms with van der Waals surface area (Å²) in [7, 11) is 3.28. The van der Waals surface area contributed by atoms with Crippen molar-refractivity contribution in [2.24, 2.45) is 12.5 Å². The SMILES string of the molecule is COC(=O)C(C)(C)[C@H](c1cc(CO)c2sccc2c1)c1ccc2c(nnn2C)c1C. The zero-order valence-electron chi connectivity index (χ0n) is 17.8. The summed E-state index contributed by atoms with van der Waals surface area (Å²) in [6, 6.07) is 10.2. The van der Waals surface area contributed by atoms with E-state index < -0.39 is 5.41 Å². The number of thiophene rings is 1. The number of ether oxygens (including phenoxy) is 1. The van der Waals surface area contributed by atoms with E-state index in [2.05, 4.69) is 16.4 Å². The third-order valence-electron chi connectivity index (χ3n) is 5.98. The van der Waals surface area contributed by atoms with Gasteiger partial charge in [0.15, 0.2) is 0 Å². The van der Waals surface area contributed by atoms with E-state index in [-0.39, 0.29) is 18.5 Å². The van der Waals surface area contributed by atoms with Crippen molar-refractivity contribution in [1.29, 1.82) is 0 Å². The first kappa shape index (κ1) is 20.5. The van der Waals surface area contributed by atoms with Crippen molar-refractivity contribution in [2.75, 3.05) is 7.11 Å². The van der Waals surface area contributed by atoms with Crippen LogP contribution in [-0.4, -0.2) is 33.2 Å². The predicted octanol–water partition coefficient (Wildman–Crippen LogP) is 4.31. The fourth-order valence-electron chi connectivity index (χ4n) is 4.39. The Hall–Kier alpha value is -2.77. The van der Waals surface area contributed by atoms with Crippen molar-refractivity contribution < 1.29 is 14.6 Å². The van der Waals surface area contributed by atoms with Crippen LogP contribution in [0.5, 0.6) is 0 Å². The Kier molecular flexibility index (Phi) is 5.11. The number of methoxy groups -OCH3 is 1. The van der Waals surface area contributed by atoms with E-state index >= 15 is 0 Å². The normalized spacial score (nSPS) is 13.1. The largest absolute Gasteiger partial charge is 0.469 e. The fraction of sp³-hybridized carbons (Fsp3) is 0.348. The standard InChI is InChI=1S/C23H25N3O3S/c1-13-17(6-7-18-20(13)24-25-26(18)4)19(23(2,3)22(28)29-5)15-10-14-8-9-30-21(14)16(11-15)12-27/h6-11,19,27H,12H2,1-5H3/t19-/m1/s1. The van der Waals surface area contributed by atoms with Crippen LogP contribution in [0.3, 0.4) is 0 Å². The van der Waals surface area contributed by atoms with Crippen molar-refractivity contribution in [3.8, 4) is 0 Å². The van der Waals surface area contributed by atoms with Gasteiger partial charge in [-0.05, 0) is 72.0 Å². The number of hydrogen-bond donors (Lipinski definition) is 1. The van der Waals surface area contributed by atoms with E-state index in [1.54, 1.807) is 16.0 Å². The second-order valence-corrected chi connectivity index (χ2v) is 9.10. The lowest BCUT2D eigenvalue weighted by Crippen LogP contribution is -2.34. The Labute approximate surface area is 179 Å². The molecule has 0 saturated carbocycles. The van der Waals surface area contributed by atoms with Crippen LogP contribution in [-0.2, 0) is 23.2 Å². The molecular weight excluding hydrogens is 398 g/mol. The molecule has 30 heavy (non-hydrogen) atoms. The Bertz CT molecular complexity index is 1260. The monoisotopic (exact) mass is 423 g/mol. The molecule has 4 rings (SSSR count). The highest BCUT2D eigenvalue weighted by Crippen LogP contribution is 2.45. The second kappa shape index (κ2) is 7.49. The highest BCUT2D eigenvalue weighted by atomic mass is 32.1. The summed E-state index contributed by atoms with van der Waals surface area (Å²) in [5.41, 5.74) is 4.73. The molecule has 0 amide bonds. The third kappa shape index (κ3) is 3.09. The Morgan fingerprint density at radius 3 is 2.77 bits per heavy atom. The third-order valence-corrected chi connectivity index (χ3v) is 6.98. The molecule has 2 aromatic carbocycles. The van der Waals surface area contributed by atoms with E-state index in [1.807, 2.05) is 57.5 Å². The minimum Gasteiger partial charge on any atom is -0.469 e. The summed E-state index contributed by atoms with van der Waals surface area (Å²) in [5, 5.41) is 21.5. The number of aromatic nitrogens is 3. The van der Waals surface area contributed by atoms with Crippen molar-refractivity contribution in [2.45, 2.75) is 33.3 Å². The molecule has 0 spiro atoms. The van der Waals surface area contributed by atoms with Gasteiger partial charge < -0.3 is 9.84 Å². The number of aliphatic hydroxyl groups excluding tert-OH is 1. The molecule has 2 aromatic heterocycles. The van der Waals surface area contributed by atoms with Gasteiger partial charge in [0.05, 0.1) is 24.6 Å². The van der Waals surface area contributed by atoms with Crippen molar-refractivity contribution >= 4 is 38.4 Å². The average Bonchev–Trinajstić information content (AvgIpc) is 3.35. The van der Waals surface area contributed by atoms with Gasteiger partial charge in [-0.2, -0.15) is 0 Å². The van der Waals surface area contributed by atoms with E-state index in [0.717, 1.165) is 43.4 Å². The molecule has 0 unspecified atom stereocenters. The van der Waals surface area contributed by atoms with Crippen LogP contribution in [0, 0.1) is 12.3 Å². The maximum absolute atomic E-state index is 12.9. The van der Waals surface area contributed by atoms with Crippen LogP contribution < -0.4 is 0 Å². The molecule has 1 N–H and O–H groups in total. The minimum absolute atomic E-state index is 0.0571. The van der Waals surface area contributed by atoms with Crippen LogP contribution in [0.1, 0.15) is 42.0 Å². The lowest BCUT2D eigenvalue weighted by Gasteiger charge is -2.34. The Morgan fingerprint density at radius 2 is 2.07 bits per heavy atom. The number of carbonyl (C=O) groups is 1. The van der Waals surface area contributed by atoms with Gasteiger partial charge in [-0.15, -0.1) is 16.4 Å². The molecule has 0 aliphatic carbocycles. The zero-order valence-corrected chi connectivity index (χ0v) is 18.6. The first-order valence-electron chi connectivity index (χ1n) is 9.77. The maximum atomic E-state index is 12.9. The summed E-state index contributed by atoms with van der Waals surface area (Å²) < 4.78 is 7.99. The number of aryl methyl sites for hydroxylation is 2. The molecule has 2 heterocycles. The molecule has 156 valence electrons. The summed E-state index contributed by atoms with van der Waals surface area (Å²) in [5.74, 6) is -0.576. The molecule has 0 radical (unpaired) electrons. The average molecular weight is 424 g/mol. The molecule has 0 aliphatic heterocycles. The minimum atomic E-state index is -0.841. The lowest BCUT2D eigenvalue weighted by molar-refractivity contribution is -0.151. The number of carbonyl (C=O) groups excluding carboxylic acids is 1. The van der Waals surface area contributed by atoms with Gasteiger partial charge in [0.1, 0.15) is 5.52 Å². The Balaban J connectivity index is 2.01. The van der Waals surface area contributed by atoms with Gasteiger partial charge in [0.2, 0.25) is 0 Å². The summed E-state index contributed by atoms with van der Waals surface area (Å²) in [4.78, 5) is 12.9. The lowest BCUT2D eigenvalue weighted by atomic mass is 9.69. The molecule has 7 heteroatoms. The molecule has 0 aliphatic rings. The molecular formula is C23H25N3O3S. The summed E-state index contributed by atoms with van der Waals surface area (Å²) in [6.45, 7) is 5.77. The highest BCUT2D eigenvalue weighted by molar-refractivity contribution is 7.17. The molecule has 4 aromatic rings. The zero-order chi connectivity index (χ0) is 21.6. The van der Waals surface area contributed by atoms with Crippen LogP contribution in [0.15, 0.2) is 35.7 Å². The van der Waals surface area contributed by atoms with Crippen LogP contribution >= 0.6 is 11.3 Å². The number of fused-ring (bicyclic) bond motifs is 2. The smallest absolute Gasteiger partial charge is 0.312 e. The van der Waals surface area contributed by atoms with Crippen LogP contribution in [0.4, 0.5) is 0 Å². The number of rotatable bonds is 5. The number of benzene rings is 2. The first-order chi connectivity index (χ1) is 14.3. The molecule has 1 atom stereocenters. The Morgan fingerprint density at radius 1 is 1.30 bits per heavy atom. The van der Waals surface area contributed by atoms with Crippen molar-refractivity contribution in [3.05, 3.63) is 58.0 Å². The fourth-order valence-corrected chi connectivity index (χ4v) is 5.28. The second-order valence-electron chi connectivity index (χ2n) is 8.18. The topological polar surface area (TPSA) is 77.2 Å². The number of esters is 1. The first-order valence-corrected chi connectivity index (χ1v) is 10.7. The van der Waals surface area contributed by atoms with E-state index in [4.69, 9.17) is 4.74 Å². The van der Waals surface area contributed by atoms with Gasteiger partial charge in [-0.1, -0.05) is 17.3 Å². The molecule has 6 nitrogen and oxygen atoms in total. The van der Waals surface area contributed by atoms with Gasteiger partial charge in [0, 0.05) is 17.7 Å². The van der Waals surface area contributed by atoms with Gasteiger partial charge in [0.25, 0.3) is 0 Å². The van der Waals surface area contributed by atoms with Gasteiger partial charge >= 0.3 is 5.97 Å². The number of hydrogen-bond acceptors (Lipinski definition) is 6. The van der Waals surface area contributed by atoms with Crippen molar-refractivity contribution in [1.82, 2.24) is 15.0 Å².